The van der Waals surface area contributed by atoms with E-state index in [0.717, 1.165) is 5.57 Å². The number of carbonyl (C=O) groups is 3. The molecule has 0 bridgehead atoms. The molecule has 0 spiro atoms. The molecule has 4 saturated carbocycles. The van der Waals surface area contributed by atoms with E-state index in [4.69, 9.17) is 37.9 Å². The zero-order valence-corrected chi connectivity index (χ0v) is 47.3. The molecule has 22 heteroatoms. The molecule has 11 N–H and O–H groups in total. The predicted molar refractivity (Wildman–Crippen MR) is 275 cm³/mol. The largest absolute Gasteiger partial charge is 0.479 e. The van der Waals surface area contributed by atoms with Crippen molar-refractivity contribution in [2.45, 2.75) is 232 Å². The maximum absolute atomic E-state index is 13.8. The Morgan fingerprint density at radius 1 is 0.646 bits per heavy atom. The van der Waals surface area contributed by atoms with E-state index < -0.39 is 181 Å². The van der Waals surface area contributed by atoms with E-state index in [-0.39, 0.29) is 23.7 Å². The first-order valence-corrected chi connectivity index (χ1v) is 28.0. The van der Waals surface area contributed by atoms with Crippen LogP contribution in [0.25, 0.3) is 0 Å². The van der Waals surface area contributed by atoms with Gasteiger partial charge in [0.2, 0.25) is 0 Å². The Balaban J connectivity index is 1.12. The number of allylic oxidation sites excluding steroid dienone is 4. The van der Waals surface area contributed by atoms with E-state index in [1.165, 1.54) is 0 Å². The van der Waals surface area contributed by atoms with Crippen LogP contribution < -0.4 is 0 Å². The fraction of sp³-hybridized carbons (Fsp3) is 0.842. The Hall–Kier alpha value is -3.01. The summed E-state index contributed by atoms with van der Waals surface area (Å²) >= 11 is 0. The van der Waals surface area contributed by atoms with Crippen molar-refractivity contribution in [2.24, 2.45) is 50.2 Å². The maximum Gasteiger partial charge on any atom is 0.335 e. The quantitative estimate of drug-likeness (QED) is 0.0505. The predicted octanol–water partition coefficient (Wildman–Crippen LogP) is 1.29. The van der Waals surface area contributed by atoms with E-state index in [0.29, 0.717) is 49.7 Å². The van der Waals surface area contributed by atoms with Gasteiger partial charge < -0.3 is 94.1 Å². The number of fused-ring (bicyclic) bond motifs is 7. The Morgan fingerprint density at radius 2 is 1.19 bits per heavy atom. The summed E-state index contributed by atoms with van der Waals surface area (Å²) in [5.41, 5.74) is -2.71. The molecule has 8 aliphatic rings. The SMILES string of the molecule is C/C=C(/C)C(=O)OC1[C@H](OC(=O)/C(C)=C\C)[C@@]2(CO)C(CC1(C)C)C1=CCC3[C@@]4(C)CC[C@H](O[C@@H]5OC(C(=O)O)[C@H](O)[C@H](O[C@@H]6O[C@H](CO)C(O)[C@@H]6O)C5O[C@@H]5OC(CO)[C@H](O)[C@H](O)C5O)C(C)(C)C4CC[C@@]3(C)[C@]1(C)C[C@H]2O. The van der Waals surface area contributed by atoms with Gasteiger partial charge in [-0.25, -0.2) is 14.4 Å². The number of carboxylic acid groups (broad SMARTS) is 1. The third-order valence-electron chi connectivity index (χ3n) is 21.3. The number of carboxylic acids is 1. The van der Waals surface area contributed by atoms with Crippen LogP contribution in [-0.4, -0.2) is 204 Å². The summed E-state index contributed by atoms with van der Waals surface area (Å²) in [5, 5.41) is 121. The topological polar surface area (TPSA) is 348 Å². The number of aliphatic hydroxyl groups is 10. The minimum Gasteiger partial charge on any atom is -0.479 e. The van der Waals surface area contributed by atoms with Crippen LogP contribution in [0.1, 0.15) is 121 Å². The van der Waals surface area contributed by atoms with Crippen LogP contribution in [0, 0.1) is 50.2 Å². The number of esters is 2. The van der Waals surface area contributed by atoms with Gasteiger partial charge in [-0.1, -0.05) is 72.3 Å². The van der Waals surface area contributed by atoms with Crippen LogP contribution in [0.3, 0.4) is 0 Å². The molecule has 7 fully saturated rings. The van der Waals surface area contributed by atoms with Crippen LogP contribution in [0.15, 0.2) is 34.9 Å². The molecule has 22 nitrogen and oxygen atoms in total. The molecular weight excluding hydrogens is 1040 g/mol. The summed E-state index contributed by atoms with van der Waals surface area (Å²) < 4.78 is 49.2. The number of rotatable bonds is 14. The number of hydrogen-bond acceptors (Lipinski definition) is 21. The fourth-order valence-corrected chi connectivity index (χ4v) is 16.2. The van der Waals surface area contributed by atoms with Crippen molar-refractivity contribution in [1.29, 1.82) is 0 Å². The van der Waals surface area contributed by atoms with Crippen molar-refractivity contribution in [3.63, 3.8) is 0 Å². The number of hydrogen-bond donors (Lipinski definition) is 11. The monoisotopic (exact) mass is 1120 g/mol. The van der Waals surface area contributed by atoms with Gasteiger partial charge in [-0.15, -0.1) is 0 Å². The molecule has 79 heavy (non-hydrogen) atoms. The first-order chi connectivity index (χ1) is 36.9. The fourth-order valence-electron chi connectivity index (χ4n) is 16.2. The number of aliphatic hydroxyl groups excluding tert-OH is 10. The Kier molecular flexibility index (Phi) is 17.7. The average molecular weight is 1130 g/mol. The highest BCUT2D eigenvalue weighted by molar-refractivity contribution is 5.89. The lowest BCUT2D eigenvalue weighted by molar-refractivity contribution is -0.386. The second kappa shape index (κ2) is 22.5. The molecule has 25 atom stereocenters. The van der Waals surface area contributed by atoms with Gasteiger partial charge in [-0.2, -0.15) is 0 Å². The smallest absolute Gasteiger partial charge is 0.335 e. The van der Waals surface area contributed by atoms with Crippen molar-refractivity contribution in [3.8, 4) is 0 Å². The number of aliphatic carboxylic acids is 1. The molecule has 448 valence electrons. The molecule has 0 aromatic carbocycles. The van der Waals surface area contributed by atoms with Crippen molar-refractivity contribution >= 4 is 17.9 Å². The first kappa shape index (κ1) is 62.0. The summed E-state index contributed by atoms with van der Waals surface area (Å²) in [5.74, 6) is -3.40. The van der Waals surface area contributed by atoms with Gasteiger partial charge in [0.05, 0.1) is 37.4 Å². The van der Waals surface area contributed by atoms with E-state index in [1.54, 1.807) is 39.8 Å². The summed E-state index contributed by atoms with van der Waals surface area (Å²) in [6.45, 7) is 19.4. The van der Waals surface area contributed by atoms with Crippen molar-refractivity contribution in [3.05, 3.63) is 34.9 Å². The van der Waals surface area contributed by atoms with E-state index in [9.17, 15) is 70.6 Å². The van der Waals surface area contributed by atoms with Gasteiger partial charge in [-0.05, 0) is 112 Å². The Morgan fingerprint density at radius 3 is 1.73 bits per heavy atom. The number of carbonyl (C=O) groups excluding carboxylic acids is 2. The molecule has 0 radical (unpaired) electrons. The third kappa shape index (κ3) is 9.99. The second-order valence-corrected chi connectivity index (χ2v) is 26.0. The van der Waals surface area contributed by atoms with Crippen molar-refractivity contribution < 1.29 is 108 Å². The molecule has 3 heterocycles. The van der Waals surface area contributed by atoms with Gasteiger partial charge in [0.1, 0.15) is 67.1 Å². The van der Waals surface area contributed by atoms with Gasteiger partial charge in [0.25, 0.3) is 0 Å². The molecule has 8 rings (SSSR count). The highest BCUT2D eigenvalue weighted by atomic mass is 16.8. The zero-order chi connectivity index (χ0) is 58.4. The Labute approximate surface area is 461 Å². The Bertz CT molecular complexity index is 2350. The highest BCUT2D eigenvalue weighted by Crippen LogP contribution is 2.76. The highest BCUT2D eigenvalue weighted by Gasteiger charge is 2.74. The molecule has 9 unspecified atom stereocenters. The van der Waals surface area contributed by atoms with Crippen LogP contribution in [0.2, 0.25) is 0 Å². The van der Waals surface area contributed by atoms with Crippen LogP contribution in [-0.2, 0) is 52.3 Å². The minimum atomic E-state index is -2.10. The molecule has 3 aliphatic heterocycles. The van der Waals surface area contributed by atoms with Crippen molar-refractivity contribution in [1.82, 2.24) is 0 Å². The second-order valence-electron chi connectivity index (χ2n) is 26.0. The van der Waals surface area contributed by atoms with Crippen molar-refractivity contribution in [2.75, 3.05) is 19.8 Å². The number of ether oxygens (including phenoxy) is 8. The van der Waals surface area contributed by atoms with E-state index in [2.05, 4.69) is 40.7 Å². The molecule has 0 amide bonds. The van der Waals surface area contributed by atoms with Gasteiger partial charge in [0.15, 0.2) is 31.1 Å². The van der Waals surface area contributed by atoms with Gasteiger partial charge in [-0.3, -0.25) is 0 Å². The lowest BCUT2D eigenvalue weighted by atomic mass is 9.33. The molecular formula is C57H88O22. The average Bonchev–Trinajstić information content (AvgIpc) is 3.87. The summed E-state index contributed by atoms with van der Waals surface area (Å²) in [7, 11) is 0. The van der Waals surface area contributed by atoms with E-state index >= 15 is 0 Å². The summed E-state index contributed by atoms with van der Waals surface area (Å²) in [6.07, 6.45) is -20.2. The third-order valence-corrected chi connectivity index (χ3v) is 21.3. The molecule has 0 aromatic rings. The summed E-state index contributed by atoms with van der Waals surface area (Å²) in [4.78, 5) is 40.3. The van der Waals surface area contributed by atoms with E-state index in [1.807, 2.05) is 13.8 Å². The normalized spacial score (nSPS) is 48.6. The zero-order valence-electron chi connectivity index (χ0n) is 47.3. The lowest BCUT2D eigenvalue weighted by Crippen LogP contribution is -2.72. The van der Waals surface area contributed by atoms with Gasteiger partial charge >= 0.3 is 17.9 Å². The van der Waals surface area contributed by atoms with Crippen LogP contribution in [0.4, 0.5) is 0 Å². The molecule has 0 aromatic heterocycles. The van der Waals surface area contributed by atoms with Crippen LogP contribution >= 0.6 is 0 Å². The summed E-state index contributed by atoms with van der Waals surface area (Å²) in [6, 6.07) is 0. The standard InChI is InChI=1S/C57H88O22/c1-12-25(3)47(70)78-44-45(79-48(71)26(4)13-2)57(24-60)28(20-52(44,5)6)27-14-15-32-54(9)18-17-34(53(7,8)31(54)16-19-55(32,10)56(27,11)21-33(57)61)74-51-43(77-50-39(66)37(64)35(62)29(22-58)72-50)41(40(67)42(76-51)46(68)69)75-49-38(65)36(63)30(23-59)73-49/h12-14,28-45,49-51,58-67H,15-24H2,1-11H3,(H,68,69)/b25-12-,26-13-/t28?,29?,30-,31?,32?,33-,34+,35+,36?,37+,38+,39?,40-,41+,42?,43?,44?,45+,49+,50+,51-,54+,55-,56-,57+/m1/s1. The maximum atomic E-state index is 13.8. The lowest BCUT2D eigenvalue weighted by Gasteiger charge is -2.72. The minimum absolute atomic E-state index is 0.0232. The van der Waals surface area contributed by atoms with Crippen LogP contribution in [0.5, 0.6) is 0 Å². The first-order valence-electron chi connectivity index (χ1n) is 28.0. The van der Waals surface area contributed by atoms with Gasteiger partial charge in [0, 0.05) is 16.6 Å². The molecule has 5 aliphatic carbocycles. The molecule has 3 saturated heterocycles.